The van der Waals surface area contributed by atoms with E-state index in [0.29, 0.717) is 25.3 Å². The van der Waals surface area contributed by atoms with Gasteiger partial charge in [0.25, 0.3) is 15.9 Å². The maximum atomic E-state index is 13.4. The first-order valence-electron chi connectivity index (χ1n) is 9.62. The smallest absolute Gasteiger partial charge is 0.278 e. The van der Waals surface area contributed by atoms with E-state index in [1.165, 1.54) is 37.4 Å². The van der Waals surface area contributed by atoms with Crippen LogP contribution in [0.25, 0.3) is 0 Å². The number of halogens is 3. The van der Waals surface area contributed by atoms with E-state index in [1.54, 1.807) is 31.2 Å². The van der Waals surface area contributed by atoms with Gasteiger partial charge in [-0.1, -0.05) is 41.4 Å². The second-order valence-electron chi connectivity index (χ2n) is 7.03. The molecule has 0 atom stereocenters. The lowest BCUT2D eigenvalue weighted by atomic mass is 10.1. The molecule has 33 heavy (non-hydrogen) atoms. The van der Waals surface area contributed by atoms with Crippen molar-refractivity contribution in [1.82, 2.24) is 0 Å². The summed E-state index contributed by atoms with van der Waals surface area (Å²) in [6.07, 6.45) is 0. The molecular formula is C23H20BrCl2NO5S. The standard InChI is InChI=1S/C23H20BrCl2NO5S/c1-14-11-20(22(24)15(2)23(14)26)32-13-21(28)27(16-9-10-19(31-3)18(25)12-16)33(29,30)17-7-5-4-6-8-17/h4-12H,13H2,1-3H3. The number of sulfonamides is 1. The Morgan fingerprint density at radius 1 is 1.03 bits per heavy atom. The van der Waals surface area contributed by atoms with Gasteiger partial charge in [-0.15, -0.1) is 0 Å². The SMILES string of the molecule is COc1ccc(N(C(=O)COc2cc(C)c(Cl)c(C)c2Br)S(=O)(=O)c2ccccc2)cc1Cl. The van der Waals surface area contributed by atoms with E-state index in [4.69, 9.17) is 32.7 Å². The second kappa shape index (κ2) is 10.3. The number of carbonyl (C=O) groups excluding carboxylic acids is 1. The highest BCUT2D eigenvalue weighted by Crippen LogP contribution is 2.36. The predicted octanol–water partition coefficient (Wildman–Crippen LogP) is 6.18. The molecule has 0 aromatic heterocycles. The van der Waals surface area contributed by atoms with Gasteiger partial charge in [-0.25, -0.2) is 8.42 Å². The number of rotatable bonds is 7. The fourth-order valence-electron chi connectivity index (χ4n) is 3.10. The molecule has 0 radical (unpaired) electrons. The fourth-order valence-corrected chi connectivity index (χ4v) is 5.47. The van der Waals surface area contributed by atoms with Crippen LogP contribution in [0.5, 0.6) is 11.5 Å². The van der Waals surface area contributed by atoms with Crippen LogP contribution in [-0.2, 0) is 14.8 Å². The molecule has 0 aliphatic heterocycles. The molecule has 3 aromatic rings. The summed E-state index contributed by atoms with van der Waals surface area (Å²) in [5.41, 5.74) is 1.56. The molecule has 6 nitrogen and oxygen atoms in total. The van der Waals surface area contributed by atoms with Crippen molar-refractivity contribution in [3.63, 3.8) is 0 Å². The van der Waals surface area contributed by atoms with Crippen LogP contribution in [0.3, 0.4) is 0 Å². The first-order valence-corrected chi connectivity index (χ1v) is 12.6. The first kappa shape index (κ1) is 25.4. The van der Waals surface area contributed by atoms with Crippen molar-refractivity contribution < 1.29 is 22.7 Å². The van der Waals surface area contributed by atoms with Crippen LogP contribution >= 0.6 is 39.1 Å². The highest BCUT2D eigenvalue weighted by molar-refractivity contribution is 9.10. The lowest BCUT2D eigenvalue weighted by molar-refractivity contribution is -0.119. The number of nitrogens with zero attached hydrogens (tertiary/aromatic N) is 1. The summed E-state index contributed by atoms with van der Waals surface area (Å²) in [7, 11) is -2.82. The summed E-state index contributed by atoms with van der Waals surface area (Å²) >= 11 is 15.9. The Hall–Kier alpha value is -2.26. The predicted molar refractivity (Wildman–Crippen MR) is 133 cm³/mol. The Labute approximate surface area is 211 Å². The number of aryl methyl sites for hydroxylation is 1. The summed E-state index contributed by atoms with van der Waals surface area (Å²) in [6.45, 7) is 3.07. The van der Waals surface area contributed by atoms with Crippen LogP contribution in [0, 0.1) is 13.8 Å². The van der Waals surface area contributed by atoms with E-state index in [0.717, 1.165) is 11.1 Å². The maximum absolute atomic E-state index is 13.4. The van der Waals surface area contributed by atoms with Crippen LogP contribution in [0.1, 0.15) is 11.1 Å². The monoisotopic (exact) mass is 571 g/mol. The Morgan fingerprint density at radius 2 is 1.70 bits per heavy atom. The number of hydrogen-bond acceptors (Lipinski definition) is 5. The van der Waals surface area contributed by atoms with Crippen molar-refractivity contribution >= 4 is 60.7 Å². The molecule has 0 spiro atoms. The molecule has 0 aliphatic rings. The van der Waals surface area contributed by atoms with Gasteiger partial charge in [0.2, 0.25) is 0 Å². The van der Waals surface area contributed by atoms with Crippen LogP contribution in [0.2, 0.25) is 10.0 Å². The van der Waals surface area contributed by atoms with Crippen molar-refractivity contribution in [1.29, 1.82) is 0 Å². The molecule has 0 N–H and O–H groups in total. The lowest BCUT2D eigenvalue weighted by Crippen LogP contribution is -2.40. The minimum Gasteiger partial charge on any atom is -0.495 e. The Morgan fingerprint density at radius 3 is 2.30 bits per heavy atom. The van der Waals surface area contributed by atoms with Crippen molar-refractivity contribution in [2.75, 3.05) is 18.0 Å². The first-order chi connectivity index (χ1) is 15.6. The van der Waals surface area contributed by atoms with Crippen LogP contribution in [0.15, 0.2) is 64.0 Å². The van der Waals surface area contributed by atoms with E-state index in [2.05, 4.69) is 15.9 Å². The Balaban J connectivity index is 2.01. The van der Waals surface area contributed by atoms with Gasteiger partial charge in [-0.2, -0.15) is 4.31 Å². The van der Waals surface area contributed by atoms with Gasteiger partial charge in [-0.05, 0) is 77.3 Å². The number of ether oxygens (including phenoxy) is 2. The van der Waals surface area contributed by atoms with Crippen LogP contribution in [-0.4, -0.2) is 28.0 Å². The third-order valence-corrected chi connectivity index (χ3v) is 8.42. The van der Waals surface area contributed by atoms with E-state index in [9.17, 15) is 13.2 Å². The van der Waals surface area contributed by atoms with Crippen molar-refractivity contribution in [2.45, 2.75) is 18.7 Å². The zero-order valence-corrected chi connectivity index (χ0v) is 21.8. The lowest BCUT2D eigenvalue weighted by Gasteiger charge is -2.23. The van der Waals surface area contributed by atoms with Gasteiger partial charge in [0, 0.05) is 5.02 Å². The molecular weight excluding hydrogens is 553 g/mol. The third-order valence-electron chi connectivity index (χ3n) is 4.80. The summed E-state index contributed by atoms with van der Waals surface area (Å²) in [5.74, 6) is -0.0953. The quantitative estimate of drug-likeness (QED) is 0.338. The van der Waals surface area contributed by atoms with Gasteiger partial charge in [-0.3, -0.25) is 4.79 Å². The Bertz CT molecular complexity index is 1300. The highest BCUT2D eigenvalue weighted by atomic mass is 79.9. The number of benzene rings is 3. The maximum Gasteiger partial charge on any atom is 0.278 e. The summed E-state index contributed by atoms with van der Waals surface area (Å²) in [4.78, 5) is 13.2. The molecule has 0 bridgehead atoms. The largest absolute Gasteiger partial charge is 0.495 e. The molecule has 10 heteroatoms. The van der Waals surface area contributed by atoms with E-state index in [1.807, 2.05) is 6.92 Å². The zero-order valence-electron chi connectivity index (χ0n) is 17.9. The van der Waals surface area contributed by atoms with Gasteiger partial charge in [0.15, 0.2) is 6.61 Å². The average molecular weight is 573 g/mol. The van der Waals surface area contributed by atoms with Crippen molar-refractivity contribution in [3.8, 4) is 11.5 Å². The molecule has 1 amide bonds. The molecule has 0 unspecified atom stereocenters. The molecule has 0 saturated heterocycles. The summed E-state index contributed by atoms with van der Waals surface area (Å²) in [6, 6.07) is 13.6. The molecule has 0 aliphatic carbocycles. The minimum absolute atomic E-state index is 0.0512. The van der Waals surface area contributed by atoms with Crippen LogP contribution in [0.4, 0.5) is 5.69 Å². The van der Waals surface area contributed by atoms with Gasteiger partial charge < -0.3 is 9.47 Å². The normalized spacial score (nSPS) is 11.2. The molecule has 3 aromatic carbocycles. The van der Waals surface area contributed by atoms with Gasteiger partial charge >= 0.3 is 0 Å². The van der Waals surface area contributed by atoms with E-state index < -0.39 is 22.5 Å². The second-order valence-corrected chi connectivity index (χ2v) is 10.4. The summed E-state index contributed by atoms with van der Waals surface area (Å²) in [5, 5.41) is 0.727. The molecule has 174 valence electrons. The van der Waals surface area contributed by atoms with Crippen molar-refractivity contribution in [2.24, 2.45) is 0 Å². The molecule has 3 rings (SSSR count). The number of carbonyl (C=O) groups is 1. The third kappa shape index (κ3) is 5.30. The van der Waals surface area contributed by atoms with Crippen LogP contribution < -0.4 is 13.8 Å². The van der Waals surface area contributed by atoms with Gasteiger partial charge in [0.05, 0.1) is 27.2 Å². The molecule has 0 saturated carbocycles. The summed E-state index contributed by atoms with van der Waals surface area (Å²) < 4.78 is 38.9. The Kier molecular flexibility index (Phi) is 7.95. The minimum atomic E-state index is -4.26. The van der Waals surface area contributed by atoms with E-state index in [-0.39, 0.29) is 15.6 Å². The topological polar surface area (TPSA) is 72.9 Å². The number of hydrogen-bond donors (Lipinski definition) is 0. The highest BCUT2D eigenvalue weighted by Gasteiger charge is 2.32. The average Bonchev–Trinajstić information content (AvgIpc) is 2.80. The van der Waals surface area contributed by atoms with E-state index >= 15 is 0 Å². The van der Waals surface area contributed by atoms with Gasteiger partial charge in [0.1, 0.15) is 11.5 Å². The molecule has 0 fully saturated rings. The fraction of sp³-hybridized carbons (Fsp3) is 0.174. The van der Waals surface area contributed by atoms with Crippen molar-refractivity contribution in [3.05, 3.63) is 80.2 Å². The number of anilines is 1. The number of methoxy groups -OCH3 is 1. The zero-order chi connectivity index (χ0) is 24.3. The number of amides is 1. The molecule has 0 heterocycles.